The number of hydrogen-bond donors (Lipinski definition) is 2. The van der Waals surface area contributed by atoms with Crippen molar-refractivity contribution in [1.82, 2.24) is 4.90 Å². The van der Waals surface area contributed by atoms with Crippen molar-refractivity contribution in [1.29, 1.82) is 0 Å². The SMILES string of the molecule is CC[C@@H]1[C@@H](O)N2[C@H]3CC45c6ccccc6N[C@H]4[C@@H]2C[C@H]1C3[C@H]5OC(C)=O. The lowest BCUT2D eigenvalue weighted by atomic mass is 9.63. The molecule has 0 aromatic heterocycles. The zero-order valence-electron chi connectivity index (χ0n) is 15.3. The number of fused-ring (bicyclic) bond motifs is 2. The number of nitrogens with zero attached hydrogens (tertiary/aromatic N) is 1. The van der Waals surface area contributed by atoms with Crippen LogP contribution in [0.2, 0.25) is 0 Å². The average Bonchev–Trinajstić information content (AvgIpc) is 3.08. The smallest absolute Gasteiger partial charge is 0.302 e. The zero-order chi connectivity index (χ0) is 17.8. The Bertz CT molecular complexity index is 797. The number of piperidine rings is 4. The molecule has 0 amide bonds. The molecule has 5 fully saturated rings. The van der Waals surface area contributed by atoms with Crippen molar-refractivity contribution >= 4 is 11.7 Å². The molecule has 4 saturated heterocycles. The largest absolute Gasteiger partial charge is 0.461 e. The molecule has 1 aromatic rings. The number of hydrogen-bond acceptors (Lipinski definition) is 5. The van der Waals surface area contributed by atoms with Gasteiger partial charge in [0.1, 0.15) is 12.3 Å². The van der Waals surface area contributed by atoms with E-state index in [9.17, 15) is 9.90 Å². The summed E-state index contributed by atoms with van der Waals surface area (Å²) in [6.45, 7) is 3.72. The monoisotopic (exact) mass is 354 g/mol. The molecule has 5 heterocycles. The molecule has 1 spiro atoms. The Morgan fingerprint density at radius 1 is 1.38 bits per heavy atom. The Morgan fingerprint density at radius 2 is 2.19 bits per heavy atom. The van der Waals surface area contributed by atoms with Crippen LogP contribution in [0, 0.1) is 17.8 Å². The summed E-state index contributed by atoms with van der Waals surface area (Å²) in [6, 6.07) is 9.39. The molecule has 2 N–H and O–H groups in total. The molecule has 10 atom stereocenters. The molecule has 0 radical (unpaired) electrons. The summed E-state index contributed by atoms with van der Waals surface area (Å²) in [6.07, 6.45) is 2.61. The normalized spacial score (nSPS) is 51.7. The van der Waals surface area contributed by atoms with E-state index < -0.39 is 0 Å². The number of para-hydroxylation sites is 1. The van der Waals surface area contributed by atoms with Gasteiger partial charge >= 0.3 is 5.97 Å². The molecular formula is C21H26N2O3. The predicted octanol–water partition coefficient (Wildman–Crippen LogP) is 2.10. The van der Waals surface area contributed by atoms with E-state index in [1.54, 1.807) is 6.92 Å². The van der Waals surface area contributed by atoms with Gasteiger partial charge in [0.15, 0.2) is 0 Å². The van der Waals surface area contributed by atoms with Gasteiger partial charge in [0.2, 0.25) is 0 Å². The molecule has 5 bridgehead atoms. The molecule has 1 aliphatic carbocycles. The van der Waals surface area contributed by atoms with E-state index >= 15 is 0 Å². The summed E-state index contributed by atoms with van der Waals surface area (Å²) in [4.78, 5) is 14.5. The fourth-order valence-electron chi connectivity index (χ4n) is 7.73. The van der Waals surface area contributed by atoms with Crippen LogP contribution in [0.15, 0.2) is 24.3 Å². The third kappa shape index (κ3) is 1.51. The third-order valence-corrected chi connectivity index (χ3v) is 8.30. The van der Waals surface area contributed by atoms with Crippen molar-refractivity contribution in [3.8, 4) is 0 Å². The summed E-state index contributed by atoms with van der Waals surface area (Å²) in [5.41, 5.74) is 2.36. The van der Waals surface area contributed by atoms with Gasteiger partial charge in [0.05, 0.1) is 11.5 Å². The number of carbonyl (C=O) groups is 1. The maximum atomic E-state index is 12.1. The van der Waals surface area contributed by atoms with E-state index in [0.29, 0.717) is 23.9 Å². The van der Waals surface area contributed by atoms with Crippen LogP contribution in [0.3, 0.4) is 0 Å². The molecule has 7 rings (SSSR count). The first-order valence-electron chi connectivity index (χ1n) is 10.1. The summed E-state index contributed by atoms with van der Waals surface area (Å²) >= 11 is 0. The molecule has 26 heavy (non-hydrogen) atoms. The van der Waals surface area contributed by atoms with Crippen molar-refractivity contribution in [2.45, 2.75) is 69.0 Å². The van der Waals surface area contributed by atoms with Gasteiger partial charge in [-0.2, -0.15) is 0 Å². The number of esters is 1. The quantitative estimate of drug-likeness (QED) is 0.797. The minimum absolute atomic E-state index is 0.0901. The maximum Gasteiger partial charge on any atom is 0.302 e. The molecular weight excluding hydrogens is 328 g/mol. The Morgan fingerprint density at radius 3 is 2.96 bits per heavy atom. The van der Waals surface area contributed by atoms with E-state index in [1.165, 1.54) is 11.3 Å². The van der Waals surface area contributed by atoms with E-state index in [-0.39, 0.29) is 35.7 Å². The van der Waals surface area contributed by atoms with Crippen LogP contribution in [0.4, 0.5) is 5.69 Å². The van der Waals surface area contributed by atoms with E-state index in [2.05, 4.69) is 41.4 Å². The van der Waals surface area contributed by atoms with Crippen LogP contribution >= 0.6 is 0 Å². The second-order valence-electron chi connectivity index (χ2n) is 8.99. The number of nitrogens with one attached hydrogen (secondary N) is 1. The Balaban J connectivity index is 1.57. The van der Waals surface area contributed by atoms with Crippen LogP contribution in [0.5, 0.6) is 0 Å². The van der Waals surface area contributed by atoms with Crippen molar-refractivity contribution < 1.29 is 14.6 Å². The first-order valence-corrected chi connectivity index (χ1v) is 10.1. The molecule has 138 valence electrons. The van der Waals surface area contributed by atoms with E-state index in [4.69, 9.17) is 4.74 Å². The summed E-state index contributed by atoms with van der Waals surface area (Å²) in [5.74, 6) is 0.887. The van der Waals surface area contributed by atoms with E-state index in [0.717, 1.165) is 19.3 Å². The summed E-state index contributed by atoms with van der Waals surface area (Å²) < 4.78 is 6.11. The van der Waals surface area contributed by atoms with Gasteiger partial charge < -0.3 is 15.2 Å². The van der Waals surface area contributed by atoms with Crippen LogP contribution in [-0.2, 0) is 14.9 Å². The number of rotatable bonds is 2. The lowest BCUT2D eigenvalue weighted by Crippen LogP contribution is -2.71. The van der Waals surface area contributed by atoms with Crippen LogP contribution < -0.4 is 5.32 Å². The Kier molecular flexibility index (Phi) is 2.86. The van der Waals surface area contributed by atoms with Gasteiger partial charge in [0, 0.05) is 36.5 Å². The summed E-state index contributed by atoms with van der Waals surface area (Å²) in [7, 11) is 0. The number of aliphatic hydroxyl groups excluding tert-OH is 1. The highest BCUT2D eigenvalue weighted by molar-refractivity contribution is 5.69. The Labute approximate surface area is 153 Å². The molecule has 1 saturated carbocycles. The van der Waals surface area contributed by atoms with Gasteiger partial charge in [-0.1, -0.05) is 25.1 Å². The fraction of sp³-hybridized carbons (Fsp3) is 0.667. The van der Waals surface area contributed by atoms with Crippen molar-refractivity contribution in [3.05, 3.63) is 29.8 Å². The highest BCUT2D eigenvalue weighted by Crippen LogP contribution is 2.68. The van der Waals surface area contributed by atoms with Crippen molar-refractivity contribution in [2.24, 2.45) is 17.8 Å². The van der Waals surface area contributed by atoms with Crippen LogP contribution in [0.25, 0.3) is 0 Å². The molecule has 5 heteroatoms. The van der Waals surface area contributed by atoms with Gasteiger partial charge in [-0.25, -0.2) is 0 Å². The standard InChI is InChI=1S/C21H26N2O3/c1-3-11-12-8-15-18-21(13-6-4-5-7-14(13)22-18)9-16(23(15)20(11)25)17(12)19(21)26-10(2)24/h4-7,11-12,15-20,22,25H,3,8-9H2,1-2H3/t11-,12+,15-,16-,17?,18-,19+,20+,21?/m0/s1. The molecule has 1 aromatic carbocycles. The molecule has 5 nitrogen and oxygen atoms in total. The molecule has 3 unspecified atom stereocenters. The Hall–Kier alpha value is -1.59. The van der Waals surface area contributed by atoms with Gasteiger partial charge in [0.25, 0.3) is 0 Å². The topological polar surface area (TPSA) is 61.8 Å². The minimum Gasteiger partial charge on any atom is -0.461 e. The van der Waals surface area contributed by atoms with E-state index in [1.807, 2.05) is 0 Å². The average molecular weight is 354 g/mol. The minimum atomic E-state index is -0.357. The molecule has 5 aliphatic heterocycles. The lowest BCUT2D eigenvalue weighted by molar-refractivity contribution is -0.211. The van der Waals surface area contributed by atoms with Gasteiger partial charge in [-0.15, -0.1) is 0 Å². The zero-order valence-corrected chi connectivity index (χ0v) is 15.3. The van der Waals surface area contributed by atoms with Crippen LogP contribution in [-0.4, -0.2) is 46.4 Å². The number of anilines is 1. The summed E-state index contributed by atoms with van der Waals surface area (Å²) in [5, 5.41) is 14.9. The van der Waals surface area contributed by atoms with Crippen molar-refractivity contribution in [3.63, 3.8) is 0 Å². The number of benzene rings is 1. The van der Waals surface area contributed by atoms with Crippen LogP contribution in [0.1, 0.15) is 38.7 Å². The number of carbonyl (C=O) groups excluding carboxylic acids is 1. The highest BCUT2D eigenvalue weighted by atomic mass is 16.5. The fourth-order valence-corrected chi connectivity index (χ4v) is 7.73. The molecule has 6 aliphatic rings. The maximum absolute atomic E-state index is 12.1. The second-order valence-corrected chi connectivity index (χ2v) is 8.99. The lowest BCUT2D eigenvalue weighted by Gasteiger charge is -2.61. The second kappa shape index (κ2) is 4.82. The third-order valence-electron chi connectivity index (χ3n) is 8.30. The highest BCUT2D eigenvalue weighted by Gasteiger charge is 2.76. The van der Waals surface area contributed by atoms with Gasteiger partial charge in [-0.05, 0) is 36.8 Å². The van der Waals surface area contributed by atoms with Gasteiger partial charge in [-0.3, -0.25) is 9.69 Å². The predicted molar refractivity (Wildman–Crippen MR) is 96.5 cm³/mol. The number of aliphatic hydroxyl groups is 1. The first-order chi connectivity index (χ1) is 12.6. The number of ether oxygens (including phenoxy) is 1. The van der Waals surface area contributed by atoms with Crippen molar-refractivity contribution in [2.75, 3.05) is 5.32 Å². The first kappa shape index (κ1) is 15.5.